The number of likely N-dealkylation sites (tertiary alicyclic amines) is 1. The number of nitrogens with zero attached hydrogens (tertiary/aromatic N) is 2. The molecule has 1 heterocycles. The minimum absolute atomic E-state index is 0.663. The summed E-state index contributed by atoms with van der Waals surface area (Å²) < 4.78 is 11.1. The Bertz CT molecular complexity index is 347. The van der Waals surface area contributed by atoms with Crippen LogP contribution in [0.2, 0.25) is 0 Å². The molecule has 1 rings (SSSR count). The highest BCUT2D eigenvalue weighted by molar-refractivity contribution is 5.79. The number of aliphatic imine (C=N–C) groups is 1. The lowest BCUT2D eigenvalue weighted by atomic mass is 10.1. The number of ether oxygens (including phenoxy) is 2. The van der Waals surface area contributed by atoms with Crippen LogP contribution in [0.5, 0.6) is 0 Å². The second kappa shape index (κ2) is 18.5. The molecular formula is C21H44N4O2. The normalized spacial score (nSPS) is 15.9. The maximum Gasteiger partial charge on any atom is 0.191 e. The van der Waals surface area contributed by atoms with E-state index in [4.69, 9.17) is 9.47 Å². The van der Waals surface area contributed by atoms with Gasteiger partial charge in [0.15, 0.2) is 5.96 Å². The van der Waals surface area contributed by atoms with Crippen LogP contribution >= 0.6 is 0 Å². The van der Waals surface area contributed by atoms with Crippen molar-refractivity contribution >= 4 is 5.96 Å². The Morgan fingerprint density at radius 3 is 2.37 bits per heavy atom. The first-order chi connectivity index (χ1) is 13.4. The van der Waals surface area contributed by atoms with E-state index >= 15 is 0 Å². The van der Waals surface area contributed by atoms with Gasteiger partial charge in [0.05, 0.1) is 19.8 Å². The highest BCUT2D eigenvalue weighted by Crippen LogP contribution is 2.09. The second-order valence-electron chi connectivity index (χ2n) is 7.23. The predicted octanol–water partition coefficient (Wildman–Crippen LogP) is 3.03. The molecule has 1 aliphatic heterocycles. The molecule has 1 saturated heterocycles. The summed E-state index contributed by atoms with van der Waals surface area (Å²) in [6.45, 7) is 13.6. The summed E-state index contributed by atoms with van der Waals surface area (Å²) in [6.07, 6.45) is 10.2. The van der Waals surface area contributed by atoms with Gasteiger partial charge in [0.1, 0.15) is 0 Å². The minimum Gasteiger partial charge on any atom is -0.379 e. The third-order valence-corrected chi connectivity index (χ3v) is 4.75. The van der Waals surface area contributed by atoms with E-state index in [0.29, 0.717) is 19.8 Å². The number of piperidine rings is 1. The zero-order valence-electron chi connectivity index (χ0n) is 17.9. The minimum atomic E-state index is 0.663. The summed E-state index contributed by atoms with van der Waals surface area (Å²) in [5.74, 6) is 0.899. The van der Waals surface area contributed by atoms with Gasteiger partial charge in [-0.15, -0.1) is 0 Å². The number of hydrogen-bond acceptors (Lipinski definition) is 4. The third-order valence-electron chi connectivity index (χ3n) is 4.75. The van der Waals surface area contributed by atoms with Gasteiger partial charge in [-0.2, -0.15) is 0 Å². The molecule has 6 nitrogen and oxygen atoms in total. The lowest BCUT2D eigenvalue weighted by Crippen LogP contribution is -2.39. The quantitative estimate of drug-likeness (QED) is 0.243. The summed E-state index contributed by atoms with van der Waals surface area (Å²) in [5, 5.41) is 6.64. The van der Waals surface area contributed by atoms with Crippen LogP contribution in [0.15, 0.2) is 4.99 Å². The van der Waals surface area contributed by atoms with Crippen LogP contribution in [0.25, 0.3) is 0 Å². The van der Waals surface area contributed by atoms with Gasteiger partial charge in [-0.3, -0.25) is 4.99 Å². The molecule has 0 aromatic rings. The SMILES string of the molecule is CCCCOCCOCCNC(=NCCCCCN1CCCCC1)NCC. The molecule has 1 fully saturated rings. The van der Waals surface area contributed by atoms with Crippen LogP contribution in [-0.4, -0.2) is 76.6 Å². The van der Waals surface area contributed by atoms with Crippen LogP contribution in [-0.2, 0) is 9.47 Å². The Morgan fingerprint density at radius 1 is 0.852 bits per heavy atom. The van der Waals surface area contributed by atoms with Crippen molar-refractivity contribution in [3.63, 3.8) is 0 Å². The Morgan fingerprint density at radius 2 is 1.63 bits per heavy atom. The molecule has 0 amide bonds. The zero-order chi connectivity index (χ0) is 19.4. The molecule has 0 aromatic carbocycles. The van der Waals surface area contributed by atoms with Gasteiger partial charge in [-0.05, 0) is 58.7 Å². The average molecular weight is 385 g/mol. The van der Waals surface area contributed by atoms with Crippen LogP contribution in [0.3, 0.4) is 0 Å². The van der Waals surface area contributed by atoms with E-state index in [0.717, 1.165) is 45.0 Å². The van der Waals surface area contributed by atoms with Crippen LogP contribution in [0, 0.1) is 0 Å². The lowest BCUT2D eigenvalue weighted by molar-refractivity contribution is 0.0487. The van der Waals surface area contributed by atoms with E-state index in [2.05, 4.69) is 34.4 Å². The predicted molar refractivity (Wildman–Crippen MR) is 115 cm³/mol. The Hall–Kier alpha value is -0.850. The van der Waals surface area contributed by atoms with E-state index in [9.17, 15) is 0 Å². The number of nitrogens with one attached hydrogen (secondary N) is 2. The monoisotopic (exact) mass is 384 g/mol. The first-order valence-corrected chi connectivity index (χ1v) is 11.3. The number of rotatable bonds is 16. The molecule has 6 heteroatoms. The van der Waals surface area contributed by atoms with Crippen molar-refractivity contribution < 1.29 is 9.47 Å². The fraction of sp³-hybridized carbons (Fsp3) is 0.952. The highest BCUT2D eigenvalue weighted by atomic mass is 16.5. The fourth-order valence-corrected chi connectivity index (χ4v) is 3.15. The molecule has 0 atom stereocenters. The maximum atomic E-state index is 5.58. The van der Waals surface area contributed by atoms with Crippen molar-refractivity contribution in [3.8, 4) is 0 Å². The number of guanidine groups is 1. The largest absolute Gasteiger partial charge is 0.379 e. The summed E-state index contributed by atoms with van der Waals surface area (Å²) in [7, 11) is 0. The molecule has 27 heavy (non-hydrogen) atoms. The van der Waals surface area contributed by atoms with Gasteiger partial charge in [0, 0.05) is 26.2 Å². The van der Waals surface area contributed by atoms with Gasteiger partial charge in [-0.1, -0.05) is 26.2 Å². The fourth-order valence-electron chi connectivity index (χ4n) is 3.15. The summed E-state index contributed by atoms with van der Waals surface area (Å²) in [6, 6.07) is 0. The smallest absolute Gasteiger partial charge is 0.191 e. The van der Waals surface area contributed by atoms with Crippen molar-refractivity contribution in [2.75, 3.05) is 65.7 Å². The van der Waals surface area contributed by atoms with Crippen LogP contribution < -0.4 is 10.6 Å². The zero-order valence-corrected chi connectivity index (χ0v) is 17.9. The Labute approximate surface area is 167 Å². The van der Waals surface area contributed by atoms with E-state index in [-0.39, 0.29) is 0 Å². The van der Waals surface area contributed by atoms with Gasteiger partial charge in [0.25, 0.3) is 0 Å². The molecule has 0 aliphatic carbocycles. The summed E-state index contributed by atoms with van der Waals surface area (Å²) in [4.78, 5) is 7.28. The molecule has 0 unspecified atom stereocenters. The second-order valence-corrected chi connectivity index (χ2v) is 7.23. The van der Waals surface area contributed by atoms with E-state index in [1.54, 1.807) is 0 Å². The van der Waals surface area contributed by atoms with Crippen molar-refractivity contribution in [3.05, 3.63) is 0 Å². The summed E-state index contributed by atoms with van der Waals surface area (Å²) >= 11 is 0. The van der Waals surface area contributed by atoms with Crippen molar-refractivity contribution in [2.45, 2.75) is 65.2 Å². The van der Waals surface area contributed by atoms with E-state index < -0.39 is 0 Å². The van der Waals surface area contributed by atoms with Crippen LogP contribution in [0.4, 0.5) is 0 Å². The molecule has 2 N–H and O–H groups in total. The van der Waals surface area contributed by atoms with Crippen molar-refractivity contribution in [1.29, 1.82) is 0 Å². The molecule has 0 saturated carbocycles. The van der Waals surface area contributed by atoms with Gasteiger partial charge < -0.3 is 25.0 Å². The van der Waals surface area contributed by atoms with Crippen molar-refractivity contribution in [1.82, 2.24) is 15.5 Å². The first kappa shape index (κ1) is 24.2. The van der Waals surface area contributed by atoms with Gasteiger partial charge in [0.2, 0.25) is 0 Å². The number of unbranched alkanes of at least 4 members (excludes halogenated alkanes) is 3. The van der Waals surface area contributed by atoms with Crippen LogP contribution in [0.1, 0.15) is 65.2 Å². The highest BCUT2D eigenvalue weighted by Gasteiger charge is 2.08. The van der Waals surface area contributed by atoms with Crippen molar-refractivity contribution in [2.24, 2.45) is 4.99 Å². The maximum absolute atomic E-state index is 5.58. The lowest BCUT2D eigenvalue weighted by Gasteiger charge is -2.26. The average Bonchev–Trinajstić information content (AvgIpc) is 2.70. The molecule has 0 spiro atoms. The Balaban J connectivity index is 1.97. The first-order valence-electron chi connectivity index (χ1n) is 11.3. The van der Waals surface area contributed by atoms with Gasteiger partial charge >= 0.3 is 0 Å². The molecule has 0 aromatic heterocycles. The van der Waals surface area contributed by atoms with E-state index in [1.807, 2.05) is 0 Å². The Kier molecular flexibility index (Phi) is 16.6. The topological polar surface area (TPSA) is 58.1 Å². The molecular weight excluding hydrogens is 340 g/mol. The number of hydrogen-bond donors (Lipinski definition) is 2. The molecule has 0 radical (unpaired) electrons. The molecule has 160 valence electrons. The van der Waals surface area contributed by atoms with Gasteiger partial charge in [-0.25, -0.2) is 0 Å². The standard InChI is InChI=1S/C21H44N4O2/c1-3-5-17-26-19-20-27-18-13-24-21(22-4-2)23-12-8-6-9-14-25-15-10-7-11-16-25/h3-20H2,1-2H3,(H2,22,23,24). The molecule has 1 aliphatic rings. The molecule has 0 bridgehead atoms. The summed E-state index contributed by atoms with van der Waals surface area (Å²) in [5.41, 5.74) is 0. The van der Waals surface area contributed by atoms with E-state index in [1.165, 1.54) is 58.2 Å². The third kappa shape index (κ3) is 14.8.